The van der Waals surface area contributed by atoms with Crippen LogP contribution in [0.25, 0.3) is 11.0 Å². The largest absolute Gasteiger partial charge is 0.324 e. The van der Waals surface area contributed by atoms with Gasteiger partial charge in [0.25, 0.3) is 0 Å². The molecular formula is C16H16ClN3. The van der Waals surface area contributed by atoms with Crippen molar-refractivity contribution in [2.24, 2.45) is 0 Å². The predicted octanol–water partition coefficient (Wildman–Crippen LogP) is 3.97. The maximum Gasteiger partial charge on any atom is 0.125 e. The van der Waals surface area contributed by atoms with Gasteiger partial charge in [0.2, 0.25) is 0 Å². The summed E-state index contributed by atoms with van der Waals surface area (Å²) >= 11 is 6.05. The lowest BCUT2D eigenvalue weighted by Crippen LogP contribution is -2.11. The molecule has 1 unspecified atom stereocenters. The highest BCUT2D eigenvalue weighted by Crippen LogP contribution is 2.24. The number of hydrogen-bond donors (Lipinski definition) is 0. The molecule has 0 radical (unpaired) electrons. The van der Waals surface area contributed by atoms with Crippen molar-refractivity contribution in [2.45, 2.75) is 25.3 Å². The van der Waals surface area contributed by atoms with Crippen LogP contribution in [0.4, 0.5) is 0 Å². The molecule has 2 heterocycles. The van der Waals surface area contributed by atoms with Crippen molar-refractivity contribution in [3.63, 3.8) is 0 Å². The maximum absolute atomic E-state index is 6.05. The van der Waals surface area contributed by atoms with E-state index < -0.39 is 0 Å². The minimum atomic E-state index is 0.304. The third-order valence-corrected chi connectivity index (χ3v) is 3.74. The van der Waals surface area contributed by atoms with Crippen LogP contribution >= 0.6 is 11.6 Å². The maximum atomic E-state index is 6.05. The monoisotopic (exact) mass is 285 g/mol. The Balaban J connectivity index is 2.00. The summed E-state index contributed by atoms with van der Waals surface area (Å²) in [5.41, 5.74) is 3.32. The number of fused-ring (bicyclic) bond motifs is 1. The van der Waals surface area contributed by atoms with Crippen molar-refractivity contribution >= 4 is 22.6 Å². The normalized spacial score (nSPS) is 12.7. The summed E-state index contributed by atoms with van der Waals surface area (Å²) in [6.07, 6.45) is 4.55. The molecule has 1 aromatic carbocycles. The molecule has 0 aliphatic rings. The lowest BCUT2D eigenvalue weighted by atomic mass is 10.1. The van der Waals surface area contributed by atoms with Gasteiger partial charge < -0.3 is 4.57 Å². The minimum absolute atomic E-state index is 0.304. The minimum Gasteiger partial charge on any atom is -0.324 e. The Labute approximate surface area is 123 Å². The number of halogens is 1. The van der Waals surface area contributed by atoms with E-state index in [9.17, 15) is 0 Å². The summed E-state index contributed by atoms with van der Waals surface area (Å²) in [5, 5.41) is 0. The molecule has 0 saturated carbocycles. The summed E-state index contributed by atoms with van der Waals surface area (Å²) in [6.45, 7) is 2.20. The first-order chi connectivity index (χ1) is 9.79. The predicted molar refractivity (Wildman–Crippen MR) is 81.9 cm³/mol. The Morgan fingerprint density at radius 2 is 2.00 bits per heavy atom. The third kappa shape index (κ3) is 2.41. The van der Waals surface area contributed by atoms with Gasteiger partial charge in [0, 0.05) is 12.2 Å². The Morgan fingerprint density at radius 1 is 1.20 bits per heavy atom. The highest BCUT2D eigenvalue weighted by molar-refractivity contribution is 6.16. The van der Waals surface area contributed by atoms with E-state index in [1.807, 2.05) is 12.1 Å². The van der Waals surface area contributed by atoms with Crippen LogP contribution < -0.4 is 0 Å². The van der Waals surface area contributed by atoms with Crippen molar-refractivity contribution < 1.29 is 0 Å². The van der Waals surface area contributed by atoms with Gasteiger partial charge in [-0.15, -0.1) is 11.6 Å². The van der Waals surface area contributed by atoms with Crippen molar-refractivity contribution in [3.8, 4) is 0 Å². The molecule has 1 atom stereocenters. The van der Waals surface area contributed by atoms with E-state index in [0.717, 1.165) is 23.3 Å². The van der Waals surface area contributed by atoms with Crippen LogP contribution in [0.5, 0.6) is 0 Å². The summed E-state index contributed by atoms with van der Waals surface area (Å²) in [5.74, 6) is 1.31. The number of rotatable bonds is 4. The first-order valence-electron chi connectivity index (χ1n) is 6.70. The van der Waals surface area contributed by atoms with E-state index in [4.69, 9.17) is 11.6 Å². The smallest absolute Gasteiger partial charge is 0.125 e. The summed E-state index contributed by atoms with van der Waals surface area (Å²) in [4.78, 5) is 8.69. The van der Waals surface area contributed by atoms with Gasteiger partial charge in [-0.1, -0.05) is 30.3 Å². The van der Waals surface area contributed by atoms with Gasteiger partial charge in [0.15, 0.2) is 0 Å². The Kier molecular flexibility index (Phi) is 3.70. The lowest BCUT2D eigenvalue weighted by molar-refractivity contribution is 0.543. The van der Waals surface area contributed by atoms with Crippen LogP contribution in [-0.2, 0) is 12.3 Å². The second kappa shape index (κ2) is 5.63. The van der Waals surface area contributed by atoms with E-state index in [-0.39, 0.29) is 0 Å². The highest BCUT2D eigenvalue weighted by Gasteiger charge is 2.15. The topological polar surface area (TPSA) is 30.7 Å². The van der Waals surface area contributed by atoms with Gasteiger partial charge in [-0.05, 0) is 25.0 Å². The quantitative estimate of drug-likeness (QED) is 0.679. The van der Waals surface area contributed by atoms with Crippen molar-refractivity contribution in [1.82, 2.24) is 14.5 Å². The fourth-order valence-corrected chi connectivity index (χ4v) is 2.82. The van der Waals surface area contributed by atoms with Crippen molar-refractivity contribution in [1.29, 1.82) is 0 Å². The molecule has 20 heavy (non-hydrogen) atoms. The molecule has 2 aromatic heterocycles. The molecule has 0 aliphatic carbocycles. The fourth-order valence-electron chi connectivity index (χ4n) is 2.63. The average Bonchev–Trinajstić information content (AvgIpc) is 2.86. The number of imidazole rings is 1. The van der Waals surface area contributed by atoms with E-state index in [2.05, 4.69) is 45.7 Å². The molecule has 0 fully saturated rings. The zero-order valence-corrected chi connectivity index (χ0v) is 12.1. The van der Waals surface area contributed by atoms with Crippen LogP contribution in [0.3, 0.4) is 0 Å². The van der Waals surface area contributed by atoms with E-state index >= 15 is 0 Å². The standard InChI is InChI=1S/C16H16ClN3/c1-12(9-13-5-3-2-4-6-13)20-15-7-8-18-11-14(15)19-16(20)10-17/h2-8,11-12H,9-10H2,1H3. The molecule has 4 heteroatoms. The molecule has 0 N–H and O–H groups in total. The molecule has 0 saturated heterocycles. The Hall–Kier alpha value is -1.87. The molecule has 0 amide bonds. The molecule has 0 bridgehead atoms. The van der Waals surface area contributed by atoms with Crippen LogP contribution in [0.15, 0.2) is 48.8 Å². The van der Waals surface area contributed by atoms with Gasteiger partial charge in [0.1, 0.15) is 11.3 Å². The number of hydrogen-bond acceptors (Lipinski definition) is 2. The van der Waals surface area contributed by atoms with Crippen molar-refractivity contribution in [3.05, 3.63) is 60.2 Å². The number of pyridine rings is 1. The van der Waals surface area contributed by atoms with Crippen LogP contribution in [-0.4, -0.2) is 14.5 Å². The number of alkyl halides is 1. The summed E-state index contributed by atoms with van der Waals surface area (Å²) in [6, 6.07) is 12.8. The molecule has 3 nitrogen and oxygen atoms in total. The van der Waals surface area contributed by atoms with Crippen LogP contribution in [0.2, 0.25) is 0 Å². The van der Waals surface area contributed by atoms with Gasteiger partial charge >= 0.3 is 0 Å². The zero-order chi connectivity index (χ0) is 13.9. The van der Waals surface area contributed by atoms with E-state index in [1.165, 1.54) is 5.56 Å². The molecular weight excluding hydrogens is 270 g/mol. The number of benzene rings is 1. The molecule has 3 aromatic rings. The van der Waals surface area contributed by atoms with Crippen LogP contribution in [0, 0.1) is 0 Å². The Bertz CT molecular complexity index is 706. The second-order valence-electron chi connectivity index (χ2n) is 4.93. The molecule has 3 rings (SSSR count). The SMILES string of the molecule is CC(Cc1ccccc1)n1c(CCl)nc2cnccc21. The first-order valence-corrected chi connectivity index (χ1v) is 7.23. The molecule has 102 valence electrons. The van der Waals surface area contributed by atoms with Gasteiger partial charge in [0.05, 0.1) is 17.6 Å². The van der Waals surface area contributed by atoms with E-state index in [1.54, 1.807) is 12.4 Å². The first kappa shape index (κ1) is 13.1. The van der Waals surface area contributed by atoms with Gasteiger partial charge in [-0.3, -0.25) is 4.98 Å². The summed E-state index contributed by atoms with van der Waals surface area (Å²) < 4.78 is 2.22. The number of aromatic nitrogens is 3. The zero-order valence-electron chi connectivity index (χ0n) is 11.3. The van der Waals surface area contributed by atoms with E-state index in [0.29, 0.717) is 11.9 Å². The molecule has 0 aliphatic heterocycles. The fraction of sp³-hybridized carbons (Fsp3) is 0.250. The lowest BCUT2D eigenvalue weighted by Gasteiger charge is -2.17. The number of nitrogens with zero attached hydrogens (tertiary/aromatic N) is 3. The Morgan fingerprint density at radius 3 is 2.75 bits per heavy atom. The van der Waals surface area contributed by atoms with Gasteiger partial charge in [-0.2, -0.15) is 0 Å². The average molecular weight is 286 g/mol. The summed E-state index contributed by atoms with van der Waals surface area (Å²) in [7, 11) is 0. The van der Waals surface area contributed by atoms with Gasteiger partial charge in [-0.25, -0.2) is 4.98 Å². The molecule has 0 spiro atoms. The van der Waals surface area contributed by atoms with Crippen molar-refractivity contribution in [2.75, 3.05) is 0 Å². The highest BCUT2D eigenvalue weighted by atomic mass is 35.5. The van der Waals surface area contributed by atoms with Crippen LogP contribution in [0.1, 0.15) is 24.4 Å². The third-order valence-electron chi connectivity index (χ3n) is 3.50. The second-order valence-corrected chi connectivity index (χ2v) is 5.20.